The van der Waals surface area contributed by atoms with E-state index in [1.54, 1.807) is 24.3 Å². The number of para-hydroxylation sites is 2. The number of hydrogen-bond acceptors (Lipinski definition) is 3. The van der Waals surface area contributed by atoms with Gasteiger partial charge in [-0.05, 0) is 36.8 Å². The number of hydrogen-bond donors (Lipinski definition) is 1. The summed E-state index contributed by atoms with van der Waals surface area (Å²) >= 11 is 9.52. The van der Waals surface area contributed by atoms with Crippen molar-refractivity contribution in [3.8, 4) is 5.75 Å². The molecule has 1 aliphatic heterocycles. The Morgan fingerprint density at radius 1 is 1.38 bits per heavy atom. The molecule has 1 aliphatic rings. The molecule has 0 saturated heterocycles. The van der Waals surface area contributed by atoms with E-state index in [0.29, 0.717) is 22.1 Å². The van der Waals surface area contributed by atoms with E-state index in [0.717, 1.165) is 10.0 Å². The third-order valence-corrected chi connectivity index (χ3v) is 4.34. The van der Waals surface area contributed by atoms with Gasteiger partial charge < -0.3 is 10.1 Å². The van der Waals surface area contributed by atoms with Crippen molar-refractivity contribution in [3.05, 3.63) is 51.5 Å². The number of carbonyl (C=O) groups is 2. The van der Waals surface area contributed by atoms with Gasteiger partial charge in [0, 0.05) is 4.47 Å². The van der Waals surface area contributed by atoms with E-state index in [-0.39, 0.29) is 25.0 Å². The molecule has 0 unspecified atom stereocenters. The molecule has 3 rings (SSSR count). The van der Waals surface area contributed by atoms with Crippen molar-refractivity contribution in [3.63, 3.8) is 0 Å². The van der Waals surface area contributed by atoms with Gasteiger partial charge in [-0.25, -0.2) is 0 Å². The van der Waals surface area contributed by atoms with E-state index >= 15 is 0 Å². The summed E-state index contributed by atoms with van der Waals surface area (Å²) in [6.45, 7) is 1.61. The van der Waals surface area contributed by atoms with Crippen molar-refractivity contribution in [1.29, 1.82) is 0 Å². The van der Waals surface area contributed by atoms with Gasteiger partial charge in [0.1, 0.15) is 12.3 Å². The van der Waals surface area contributed by atoms with Crippen molar-refractivity contribution in [2.75, 3.05) is 23.4 Å². The number of fused-ring (bicyclic) bond motifs is 1. The summed E-state index contributed by atoms with van der Waals surface area (Å²) in [6, 6.07) is 10.7. The average molecular weight is 410 g/mol. The molecular weight excluding hydrogens is 396 g/mol. The maximum absolute atomic E-state index is 12.5. The van der Waals surface area contributed by atoms with Crippen molar-refractivity contribution >= 4 is 50.7 Å². The minimum absolute atomic E-state index is 0.0355. The summed E-state index contributed by atoms with van der Waals surface area (Å²) in [4.78, 5) is 25.7. The first-order chi connectivity index (χ1) is 11.5. The van der Waals surface area contributed by atoms with E-state index in [1.807, 2.05) is 19.1 Å². The number of nitrogens with zero attached hydrogens (tertiary/aromatic N) is 1. The normalized spacial score (nSPS) is 13.3. The van der Waals surface area contributed by atoms with Crippen LogP contribution in [0.1, 0.15) is 5.56 Å². The largest absolute Gasteiger partial charge is 0.482 e. The number of rotatable bonds is 3. The van der Waals surface area contributed by atoms with Crippen molar-refractivity contribution < 1.29 is 14.3 Å². The fourth-order valence-electron chi connectivity index (χ4n) is 2.54. The number of amides is 2. The summed E-state index contributed by atoms with van der Waals surface area (Å²) in [5, 5.41) is 3.17. The molecule has 1 heterocycles. The smallest absolute Gasteiger partial charge is 0.265 e. The Morgan fingerprint density at radius 3 is 2.88 bits per heavy atom. The molecule has 0 radical (unpaired) electrons. The van der Waals surface area contributed by atoms with Crippen LogP contribution in [0.4, 0.5) is 11.4 Å². The predicted molar refractivity (Wildman–Crippen MR) is 96.8 cm³/mol. The summed E-state index contributed by atoms with van der Waals surface area (Å²) in [7, 11) is 0. The summed E-state index contributed by atoms with van der Waals surface area (Å²) < 4.78 is 6.45. The SMILES string of the molecule is Cc1cc(Br)cc(Cl)c1OCC(=O)N1CC(=O)Nc2ccccc21. The molecule has 1 N–H and O–H groups in total. The van der Waals surface area contributed by atoms with Gasteiger partial charge in [0.05, 0.1) is 16.4 Å². The van der Waals surface area contributed by atoms with E-state index in [9.17, 15) is 9.59 Å². The number of halogens is 2. The highest BCUT2D eigenvalue weighted by molar-refractivity contribution is 9.10. The molecule has 0 aliphatic carbocycles. The Balaban J connectivity index is 1.78. The first kappa shape index (κ1) is 16.8. The zero-order valence-corrected chi connectivity index (χ0v) is 15.1. The van der Waals surface area contributed by atoms with E-state index < -0.39 is 0 Å². The number of aryl methyl sites for hydroxylation is 1. The maximum atomic E-state index is 12.5. The Hall–Kier alpha value is -2.05. The second kappa shape index (κ2) is 6.83. The van der Waals surface area contributed by atoms with Crippen LogP contribution in [0.15, 0.2) is 40.9 Å². The average Bonchev–Trinajstić information content (AvgIpc) is 2.52. The fourth-order valence-corrected chi connectivity index (χ4v) is 3.56. The molecule has 0 aromatic heterocycles. The molecule has 0 spiro atoms. The number of nitrogens with one attached hydrogen (secondary N) is 1. The van der Waals surface area contributed by atoms with Gasteiger partial charge in [-0.3, -0.25) is 14.5 Å². The molecule has 2 amide bonds. The summed E-state index contributed by atoms with van der Waals surface area (Å²) in [5.41, 5.74) is 2.09. The third kappa shape index (κ3) is 3.39. The van der Waals surface area contributed by atoms with Crippen LogP contribution < -0.4 is 15.0 Å². The van der Waals surface area contributed by atoms with Crippen molar-refractivity contribution in [2.45, 2.75) is 6.92 Å². The van der Waals surface area contributed by atoms with Gasteiger partial charge in [0.15, 0.2) is 6.61 Å². The molecule has 24 heavy (non-hydrogen) atoms. The molecule has 2 aromatic carbocycles. The number of ether oxygens (including phenoxy) is 1. The van der Waals surface area contributed by atoms with Crippen LogP contribution in [0.5, 0.6) is 5.75 Å². The van der Waals surface area contributed by atoms with Crippen LogP contribution in [-0.4, -0.2) is 25.0 Å². The van der Waals surface area contributed by atoms with Gasteiger partial charge in [-0.15, -0.1) is 0 Å². The molecule has 5 nitrogen and oxygen atoms in total. The Kier molecular flexibility index (Phi) is 4.78. The molecular formula is C17H14BrClN2O3. The summed E-state index contributed by atoms with van der Waals surface area (Å²) in [5.74, 6) is -0.0847. The lowest BCUT2D eigenvalue weighted by Crippen LogP contribution is -2.44. The van der Waals surface area contributed by atoms with Crippen LogP contribution in [0.2, 0.25) is 5.02 Å². The Labute approximate surface area is 152 Å². The first-order valence-electron chi connectivity index (χ1n) is 7.23. The summed E-state index contributed by atoms with van der Waals surface area (Å²) in [6.07, 6.45) is 0. The van der Waals surface area contributed by atoms with Crippen LogP contribution in [0.25, 0.3) is 0 Å². The third-order valence-electron chi connectivity index (χ3n) is 3.61. The molecule has 0 atom stereocenters. The molecule has 0 fully saturated rings. The lowest BCUT2D eigenvalue weighted by Gasteiger charge is -2.29. The second-order valence-electron chi connectivity index (χ2n) is 5.37. The quantitative estimate of drug-likeness (QED) is 0.839. The topological polar surface area (TPSA) is 58.6 Å². The molecule has 0 saturated carbocycles. The van der Waals surface area contributed by atoms with Crippen LogP contribution >= 0.6 is 27.5 Å². The van der Waals surface area contributed by atoms with E-state index in [4.69, 9.17) is 16.3 Å². The molecule has 7 heteroatoms. The lowest BCUT2D eigenvalue weighted by atomic mass is 10.2. The van der Waals surface area contributed by atoms with E-state index in [1.165, 1.54) is 4.90 Å². The fraction of sp³-hybridized carbons (Fsp3) is 0.176. The zero-order chi connectivity index (χ0) is 17.3. The van der Waals surface area contributed by atoms with E-state index in [2.05, 4.69) is 21.2 Å². The first-order valence-corrected chi connectivity index (χ1v) is 8.40. The predicted octanol–water partition coefficient (Wildman–Crippen LogP) is 3.78. The number of benzene rings is 2. The van der Waals surface area contributed by atoms with Crippen molar-refractivity contribution in [2.24, 2.45) is 0 Å². The van der Waals surface area contributed by atoms with Gasteiger partial charge >= 0.3 is 0 Å². The van der Waals surface area contributed by atoms with Gasteiger partial charge in [0.2, 0.25) is 5.91 Å². The lowest BCUT2D eigenvalue weighted by molar-refractivity contribution is -0.123. The highest BCUT2D eigenvalue weighted by Crippen LogP contribution is 2.33. The van der Waals surface area contributed by atoms with Crippen LogP contribution in [-0.2, 0) is 9.59 Å². The number of anilines is 2. The standard InChI is InChI=1S/C17H14BrClN2O3/c1-10-6-11(18)7-12(19)17(10)24-9-16(23)21-8-15(22)20-13-4-2-3-5-14(13)21/h2-7H,8-9H2,1H3,(H,20,22). The van der Waals surface area contributed by atoms with Crippen molar-refractivity contribution in [1.82, 2.24) is 0 Å². The molecule has 0 bridgehead atoms. The monoisotopic (exact) mass is 408 g/mol. The van der Waals surface area contributed by atoms with Crippen LogP contribution in [0.3, 0.4) is 0 Å². The number of carbonyl (C=O) groups excluding carboxylic acids is 2. The van der Waals surface area contributed by atoms with Gasteiger partial charge in [0.25, 0.3) is 5.91 Å². The van der Waals surface area contributed by atoms with Crippen LogP contribution in [0, 0.1) is 6.92 Å². The molecule has 124 valence electrons. The van der Waals surface area contributed by atoms with Gasteiger partial charge in [-0.2, -0.15) is 0 Å². The highest BCUT2D eigenvalue weighted by Gasteiger charge is 2.27. The maximum Gasteiger partial charge on any atom is 0.265 e. The highest BCUT2D eigenvalue weighted by atomic mass is 79.9. The Morgan fingerprint density at radius 2 is 2.12 bits per heavy atom. The minimum atomic E-state index is -0.310. The second-order valence-corrected chi connectivity index (χ2v) is 6.69. The molecule has 2 aromatic rings. The Bertz CT molecular complexity index is 802. The minimum Gasteiger partial charge on any atom is -0.482 e. The van der Waals surface area contributed by atoms with Gasteiger partial charge in [-0.1, -0.05) is 39.7 Å². The zero-order valence-electron chi connectivity index (χ0n) is 12.8.